The van der Waals surface area contributed by atoms with Crippen LogP contribution in [0.25, 0.3) is 0 Å². The number of quaternary nitrogens is 1. The second kappa shape index (κ2) is 66.7. The van der Waals surface area contributed by atoms with Crippen molar-refractivity contribution in [3.8, 4) is 0 Å². The predicted octanol–water partition coefficient (Wildman–Crippen LogP) is 21.1. The van der Waals surface area contributed by atoms with E-state index in [1.54, 1.807) is 0 Å². The fourth-order valence-electron chi connectivity index (χ4n) is 10.5. The van der Waals surface area contributed by atoms with Crippen molar-refractivity contribution in [2.24, 2.45) is 0 Å². The normalized spacial score (nSPS) is 13.1. The van der Waals surface area contributed by atoms with Crippen molar-refractivity contribution in [3.63, 3.8) is 0 Å². The van der Waals surface area contributed by atoms with Crippen LogP contribution in [0.1, 0.15) is 335 Å². The average molecular weight is 1190 g/mol. The van der Waals surface area contributed by atoms with Crippen LogP contribution < -0.4 is 5.11 Å². The van der Waals surface area contributed by atoms with E-state index in [0.717, 1.165) is 70.6 Å². The Kier molecular flexibility index (Phi) is 64.1. The highest BCUT2D eigenvalue weighted by atomic mass is 16.7. The van der Waals surface area contributed by atoms with E-state index in [1.165, 1.54) is 231 Å². The lowest BCUT2D eigenvalue weighted by Gasteiger charge is -2.26. The number of unbranched alkanes of at least 4 members (excludes halogenated alkanes) is 40. The standard InChI is InChI=1S/C76H137NO8/c1-6-8-10-12-14-16-18-20-22-24-26-28-29-30-31-32-33-34-35-36-37-38-39-40-41-42-43-44-45-47-49-51-53-55-57-59-61-63-65-67-74(79)85-72(71-84-76(75(80)81)82-69-68-77(3,4)5)70-83-73(78)66-64-62-60-58-56-54-52-50-48-46-27-25-23-21-19-17-15-13-11-9-7-2/h8,10,14,16,20,22,26,28,30-31,33-34,72,76H,6-7,9,11-13,15,17-19,21,23-25,27,29,32,35-71H2,1-5H3/b10-8-,16-14-,22-20-,28-26-,31-30-,34-33-. The Morgan fingerprint density at radius 2 is 0.671 bits per heavy atom. The lowest BCUT2D eigenvalue weighted by atomic mass is 10.0. The molecule has 0 fully saturated rings. The molecule has 0 rings (SSSR count). The molecule has 0 aromatic carbocycles. The summed E-state index contributed by atoms with van der Waals surface area (Å²) < 4.78 is 22.8. The molecule has 494 valence electrons. The van der Waals surface area contributed by atoms with Crippen molar-refractivity contribution in [3.05, 3.63) is 72.9 Å². The van der Waals surface area contributed by atoms with E-state index in [0.29, 0.717) is 23.9 Å². The number of carbonyl (C=O) groups excluding carboxylic acids is 3. The lowest BCUT2D eigenvalue weighted by molar-refractivity contribution is -0.870. The molecule has 85 heavy (non-hydrogen) atoms. The van der Waals surface area contributed by atoms with Crippen molar-refractivity contribution >= 4 is 17.9 Å². The van der Waals surface area contributed by atoms with Crippen molar-refractivity contribution in [1.82, 2.24) is 0 Å². The minimum absolute atomic E-state index is 0.149. The first-order valence-electron chi connectivity index (χ1n) is 36.1. The van der Waals surface area contributed by atoms with Crippen molar-refractivity contribution in [1.29, 1.82) is 0 Å². The molecule has 0 saturated heterocycles. The number of esters is 2. The van der Waals surface area contributed by atoms with E-state index in [1.807, 2.05) is 21.1 Å². The summed E-state index contributed by atoms with van der Waals surface area (Å²) in [4.78, 5) is 37.5. The second-order valence-corrected chi connectivity index (χ2v) is 25.5. The van der Waals surface area contributed by atoms with Crippen molar-refractivity contribution in [2.75, 3.05) is 47.5 Å². The Balaban J connectivity index is 4.01. The van der Waals surface area contributed by atoms with E-state index in [4.69, 9.17) is 18.9 Å². The van der Waals surface area contributed by atoms with Gasteiger partial charge in [0.05, 0.1) is 40.3 Å². The monoisotopic (exact) mass is 1190 g/mol. The van der Waals surface area contributed by atoms with Crippen LogP contribution in [0.3, 0.4) is 0 Å². The minimum atomic E-state index is -1.62. The molecule has 2 atom stereocenters. The first-order chi connectivity index (χ1) is 41.6. The Morgan fingerprint density at radius 3 is 1.00 bits per heavy atom. The third kappa shape index (κ3) is 68.1. The van der Waals surface area contributed by atoms with Crippen molar-refractivity contribution in [2.45, 2.75) is 347 Å². The number of carboxylic acid groups (broad SMARTS) is 1. The van der Waals surface area contributed by atoms with Gasteiger partial charge in [0.25, 0.3) is 0 Å². The summed E-state index contributed by atoms with van der Waals surface area (Å²) in [6.45, 7) is 4.69. The molecule has 0 aromatic heterocycles. The summed E-state index contributed by atoms with van der Waals surface area (Å²) in [5.41, 5.74) is 0. The van der Waals surface area contributed by atoms with Gasteiger partial charge in [0, 0.05) is 12.8 Å². The number of rotatable bonds is 67. The molecular weight excluding hydrogens is 1050 g/mol. The van der Waals surface area contributed by atoms with E-state index in [9.17, 15) is 19.5 Å². The molecule has 0 spiro atoms. The fraction of sp³-hybridized carbons (Fsp3) is 0.803. The van der Waals surface area contributed by atoms with Gasteiger partial charge < -0.3 is 33.3 Å². The Hall–Kier alpha value is -3.27. The maximum absolute atomic E-state index is 12.9. The molecule has 0 radical (unpaired) electrons. The van der Waals surface area contributed by atoms with Gasteiger partial charge in [0.2, 0.25) is 0 Å². The van der Waals surface area contributed by atoms with Crippen LogP contribution in [0.15, 0.2) is 72.9 Å². The number of aliphatic carboxylic acids is 1. The molecule has 0 aliphatic heterocycles. The van der Waals surface area contributed by atoms with Crippen LogP contribution in [0.5, 0.6) is 0 Å². The first kappa shape index (κ1) is 81.7. The first-order valence-corrected chi connectivity index (χ1v) is 36.1. The van der Waals surface area contributed by atoms with Gasteiger partial charge in [-0.2, -0.15) is 0 Å². The summed E-state index contributed by atoms with van der Waals surface area (Å²) in [5, 5.41) is 11.8. The Morgan fingerprint density at radius 1 is 0.365 bits per heavy atom. The highest BCUT2D eigenvalue weighted by Crippen LogP contribution is 2.19. The second-order valence-electron chi connectivity index (χ2n) is 25.5. The minimum Gasteiger partial charge on any atom is -0.545 e. The molecule has 0 heterocycles. The van der Waals surface area contributed by atoms with E-state index >= 15 is 0 Å². The number of carboxylic acids is 1. The van der Waals surface area contributed by atoms with Crippen LogP contribution in [0.2, 0.25) is 0 Å². The zero-order chi connectivity index (χ0) is 61.9. The molecule has 0 aliphatic carbocycles. The molecule has 0 bridgehead atoms. The summed E-state index contributed by atoms with van der Waals surface area (Å²) in [7, 11) is 5.94. The molecule has 0 N–H and O–H groups in total. The molecule has 2 unspecified atom stereocenters. The third-order valence-electron chi connectivity index (χ3n) is 16.0. The Labute approximate surface area is 526 Å². The summed E-state index contributed by atoms with van der Waals surface area (Å²) in [6.07, 6.45) is 85.7. The summed E-state index contributed by atoms with van der Waals surface area (Å²) in [5.74, 6) is -2.26. The van der Waals surface area contributed by atoms with Crippen LogP contribution in [0, 0.1) is 0 Å². The third-order valence-corrected chi connectivity index (χ3v) is 16.0. The fourth-order valence-corrected chi connectivity index (χ4v) is 10.5. The largest absolute Gasteiger partial charge is 0.545 e. The van der Waals surface area contributed by atoms with Crippen molar-refractivity contribution < 1.29 is 42.9 Å². The van der Waals surface area contributed by atoms with Crippen LogP contribution in [-0.2, 0) is 33.3 Å². The van der Waals surface area contributed by atoms with Gasteiger partial charge in [-0.25, -0.2) is 0 Å². The number of hydrogen-bond donors (Lipinski definition) is 0. The lowest BCUT2D eigenvalue weighted by Crippen LogP contribution is -2.44. The zero-order valence-corrected chi connectivity index (χ0v) is 56.5. The molecule has 0 aliphatic rings. The number of allylic oxidation sites excluding steroid dienone is 12. The van der Waals surface area contributed by atoms with E-state index in [-0.39, 0.29) is 32.2 Å². The van der Waals surface area contributed by atoms with E-state index < -0.39 is 24.3 Å². The Bertz CT molecular complexity index is 1620. The van der Waals surface area contributed by atoms with E-state index in [2.05, 4.69) is 86.8 Å². The molecule has 0 amide bonds. The topological polar surface area (TPSA) is 111 Å². The van der Waals surface area contributed by atoms with Crippen LogP contribution in [0.4, 0.5) is 0 Å². The SMILES string of the molecule is CC/C=C\C/C=C\C/C=C\C/C=C\C/C=C\C/C=C\CCCCCCCCCCCCCCCCCCCCCCC(=O)OC(COC(=O)CCCCCCCCCCCCCCCCCCCCCCC)COC(OCC[N+](C)(C)C)C(=O)[O-]. The highest BCUT2D eigenvalue weighted by molar-refractivity contribution is 5.70. The van der Waals surface area contributed by atoms with Gasteiger partial charge in [-0.1, -0.05) is 331 Å². The predicted molar refractivity (Wildman–Crippen MR) is 361 cm³/mol. The number of carbonyl (C=O) groups is 3. The number of nitrogens with zero attached hydrogens (tertiary/aromatic N) is 1. The van der Waals surface area contributed by atoms with Gasteiger partial charge in [0.1, 0.15) is 13.2 Å². The maximum Gasteiger partial charge on any atom is 0.306 e. The smallest absolute Gasteiger partial charge is 0.306 e. The molecular formula is C76H137NO8. The molecule has 0 aromatic rings. The average Bonchev–Trinajstić information content (AvgIpc) is 3.49. The van der Waals surface area contributed by atoms with Gasteiger partial charge in [-0.3, -0.25) is 9.59 Å². The quantitative estimate of drug-likeness (QED) is 0.0195. The summed E-state index contributed by atoms with van der Waals surface area (Å²) in [6, 6.07) is 0. The summed E-state index contributed by atoms with van der Waals surface area (Å²) >= 11 is 0. The number of ether oxygens (including phenoxy) is 4. The van der Waals surface area contributed by atoms with Gasteiger partial charge in [0.15, 0.2) is 12.4 Å². The molecule has 0 saturated carbocycles. The van der Waals surface area contributed by atoms with Crippen LogP contribution >= 0.6 is 0 Å². The van der Waals surface area contributed by atoms with Gasteiger partial charge >= 0.3 is 11.9 Å². The van der Waals surface area contributed by atoms with Gasteiger partial charge in [-0.05, 0) is 64.2 Å². The molecule has 9 nitrogen and oxygen atoms in total. The van der Waals surface area contributed by atoms with Gasteiger partial charge in [-0.15, -0.1) is 0 Å². The molecule has 9 heteroatoms. The number of likely N-dealkylation sites (N-methyl/N-ethyl adjacent to an activating group) is 1. The highest BCUT2D eigenvalue weighted by Gasteiger charge is 2.22. The van der Waals surface area contributed by atoms with Crippen LogP contribution in [-0.4, -0.2) is 82.3 Å². The zero-order valence-electron chi connectivity index (χ0n) is 56.5. The maximum atomic E-state index is 12.9. The number of hydrogen-bond acceptors (Lipinski definition) is 8.